The molecule has 9 heavy (non-hydrogen) atoms. The first-order chi connectivity index (χ1) is 4.42. The van der Waals surface area contributed by atoms with E-state index in [9.17, 15) is 0 Å². The van der Waals surface area contributed by atoms with Crippen molar-refractivity contribution in [2.24, 2.45) is 0 Å². The zero-order valence-corrected chi connectivity index (χ0v) is 5.46. The second kappa shape index (κ2) is 1.50. The highest BCUT2D eigenvalue weighted by atomic mass is 15.2. The van der Waals surface area contributed by atoms with Gasteiger partial charge in [-0.05, 0) is 25.1 Å². The van der Waals surface area contributed by atoms with E-state index in [1.807, 2.05) is 0 Å². The summed E-state index contributed by atoms with van der Waals surface area (Å²) in [5.74, 6) is 0. The van der Waals surface area contributed by atoms with Gasteiger partial charge >= 0.3 is 0 Å². The lowest BCUT2D eigenvalue weighted by Crippen LogP contribution is -2.22. The van der Waals surface area contributed by atoms with Crippen molar-refractivity contribution in [3.05, 3.63) is 24.3 Å². The second-order valence-corrected chi connectivity index (χ2v) is 2.26. The van der Waals surface area contributed by atoms with Crippen LogP contribution >= 0.6 is 0 Å². The average Bonchev–Trinajstić information content (AvgIpc) is 1.90. The maximum Gasteiger partial charge on any atom is 0.0431 e. The number of benzene rings is 1. The third kappa shape index (κ3) is 0.489. The van der Waals surface area contributed by atoms with Gasteiger partial charge in [-0.2, -0.15) is 0 Å². The molecule has 1 aromatic rings. The number of rotatable bonds is 1. The molecule has 0 fully saturated rings. The summed E-state index contributed by atoms with van der Waals surface area (Å²) in [4.78, 5) is 2.29. The lowest BCUT2D eigenvalue weighted by molar-refractivity contribution is 0.987. The predicted octanol–water partition coefficient (Wildman–Crippen LogP) is 2.16. The van der Waals surface area contributed by atoms with Crippen molar-refractivity contribution in [3.8, 4) is 0 Å². The molecule has 2 bridgehead atoms. The molecule has 0 N–H and O–H groups in total. The largest absolute Gasteiger partial charge is 0.342 e. The second-order valence-electron chi connectivity index (χ2n) is 2.26. The standard InChI is InChI=1S/C8H9N/c1-2-9-7-4-3-5-8(9)6-7/h3-6H,2H2,1H3. The van der Waals surface area contributed by atoms with Gasteiger partial charge in [0.05, 0.1) is 0 Å². The van der Waals surface area contributed by atoms with E-state index in [0.29, 0.717) is 0 Å². The molecular weight excluding hydrogens is 110 g/mol. The number of fused-ring (bicyclic) bond motifs is 2. The van der Waals surface area contributed by atoms with Gasteiger partial charge in [-0.25, -0.2) is 0 Å². The van der Waals surface area contributed by atoms with Crippen LogP contribution in [0.3, 0.4) is 0 Å². The molecule has 0 saturated heterocycles. The summed E-state index contributed by atoms with van der Waals surface area (Å²) in [5, 5.41) is 0. The van der Waals surface area contributed by atoms with E-state index >= 15 is 0 Å². The molecule has 1 heteroatoms. The fraction of sp³-hybridized carbons (Fsp3) is 0.250. The Hall–Kier alpha value is -0.980. The summed E-state index contributed by atoms with van der Waals surface area (Å²) in [5.41, 5.74) is 2.71. The molecule has 2 aliphatic rings. The highest BCUT2D eigenvalue weighted by Gasteiger charge is 2.15. The monoisotopic (exact) mass is 119 g/mol. The lowest BCUT2D eigenvalue weighted by Gasteiger charge is -2.31. The van der Waals surface area contributed by atoms with Crippen molar-refractivity contribution in [1.82, 2.24) is 0 Å². The molecule has 0 amide bonds. The highest BCUT2D eigenvalue weighted by molar-refractivity contribution is 5.76. The molecule has 0 spiro atoms. The number of hydrogen-bond donors (Lipinski definition) is 0. The van der Waals surface area contributed by atoms with Gasteiger partial charge in [0.2, 0.25) is 0 Å². The van der Waals surface area contributed by atoms with Gasteiger partial charge in [-0.15, -0.1) is 0 Å². The minimum Gasteiger partial charge on any atom is -0.342 e. The molecule has 2 heterocycles. The molecule has 3 rings (SSSR count). The Bertz CT molecular complexity index is 203. The normalized spacial score (nSPS) is 13.2. The summed E-state index contributed by atoms with van der Waals surface area (Å²) in [7, 11) is 0. The molecule has 0 saturated carbocycles. The van der Waals surface area contributed by atoms with Crippen molar-refractivity contribution >= 4 is 11.4 Å². The van der Waals surface area contributed by atoms with Crippen LogP contribution in [-0.4, -0.2) is 6.54 Å². The first kappa shape index (κ1) is 4.86. The molecule has 0 aliphatic carbocycles. The Balaban J connectivity index is 2.41. The fourth-order valence-corrected chi connectivity index (χ4v) is 1.28. The molecule has 1 aromatic carbocycles. The highest BCUT2D eigenvalue weighted by Crippen LogP contribution is 2.36. The molecule has 2 aliphatic heterocycles. The maximum absolute atomic E-state index is 2.29. The SMILES string of the molecule is CCN1c2cccc1c2. The summed E-state index contributed by atoms with van der Waals surface area (Å²) in [6.07, 6.45) is 0. The number of nitrogens with zero attached hydrogens (tertiary/aromatic N) is 1. The third-order valence-electron chi connectivity index (χ3n) is 1.77. The maximum atomic E-state index is 2.29. The molecule has 46 valence electrons. The Morgan fingerprint density at radius 2 is 2.00 bits per heavy atom. The van der Waals surface area contributed by atoms with E-state index < -0.39 is 0 Å². The third-order valence-corrected chi connectivity index (χ3v) is 1.77. The molecule has 0 unspecified atom stereocenters. The van der Waals surface area contributed by atoms with Crippen molar-refractivity contribution in [3.63, 3.8) is 0 Å². The zero-order valence-electron chi connectivity index (χ0n) is 5.46. The van der Waals surface area contributed by atoms with Crippen LogP contribution < -0.4 is 4.90 Å². The van der Waals surface area contributed by atoms with Crippen molar-refractivity contribution < 1.29 is 0 Å². The molecule has 0 radical (unpaired) electrons. The van der Waals surface area contributed by atoms with Gasteiger partial charge in [0, 0.05) is 17.9 Å². The first-order valence-electron chi connectivity index (χ1n) is 3.29. The molecule has 0 atom stereocenters. The van der Waals surface area contributed by atoms with Gasteiger partial charge in [-0.1, -0.05) is 6.07 Å². The van der Waals surface area contributed by atoms with Gasteiger partial charge in [0.25, 0.3) is 0 Å². The van der Waals surface area contributed by atoms with E-state index in [-0.39, 0.29) is 0 Å². The molecule has 0 aromatic heterocycles. The van der Waals surface area contributed by atoms with E-state index in [1.165, 1.54) is 11.4 Å². The predicted molar refractivity (Wildman–Crippen MR) is 39.1 cm³/mol. The Kier molecular flexibility index (Phi) is 0.810. The average molecular weight is 119 g/mol. The Labute approximate surface area is 54.9 Å². The van der Waals surface area contributed by atoms with Gasteiger partial charge < -0.3 is 4.90 Å². The fourth-order valence-electron chi connectivity index (χ4n) is 1.28. The van der Waals surface area contributed by atoms with Crippen LogP contribution in [0, 0.1) is 0 Å². The summed E-state index contributed by atoms with van der Waals surface area (Å²) >= 11 is 0. The van der Waals surface area contributed by atoms with Gasteiger partial charge in [0.1, 0.15) is 0 Å². The summed E-state index contributed by atoms with van der Waals surface area (Å²) in [6, 6.07) is 8.56. The van der Waals surface area contributed by atoms with E-state index in [2.05, 4.69) is 36.1 Å². The van der Waals surface area contributed by atoms with E-state index in [0.717, 1.165) is 6.54 Å². The quantitative estimate of drug-likeness (QED) is 0.547. The van der Waals surface area contributed by atoms with Crippen LogP contribution in [0.25, 0.3) is 0 Å². The minimum atomic E-state index is 1.10. The molecule has 1 nitrogen and oxygen atoms in total. The summed E-state index contributed by atoms with van der Waals surface area (Å²) < 4.78 is 0. The molecular formula is C8H9N. The topological polar surface area (TPSA) is 3.24 Å². The van der Waals surface area contributed by atoms with Crippen LogP contribution in [0.5, 0.6) is 0 Å². The van der Waals surface area contributed by atoms with E-state index in [4.69, 9.17) is 0 Å². The van der Waals surface area contributed by atoms with Crippen molar-refractivity contribution in [1.29, 1.82) is 0 Å². The smallest absolute Gasteiger partial charge is 0.0431 e. The zero-order chi connectivity index (χ0) is 6.27. The van der Waals surface area contributed by atoms with Gasteiger partial charge in [0.15, 0.2) is 0 Å². The number of hydrogen-bond acceptors (Lipinski definition) is 1. The van der Waals surface area contributed by atoms with Crippen molar-refractivity contribution in [2.75, 3.05) is 11.4 Å². The first-order valence-corrected chi connectivity index (χ1v) is 3.29. The van der Waals surface area contributed by atoms with Crippen LogP contribution in [0.2, 0.25) is 0 Å². The Morgan fingerprint density at radius 1 is 1.33 bits per heavy atom. The summed E-state index contributed by atoms with van der Waals surface area (Å²) in [6.45, 7) is 3.27. The van der Waals surface area contributed by atoms with Crippen LogP contribution in [0.4, 0.5) is 11.4 Å². The minimum absolute atomic E-state index is 1.10. The van der Waals surface area contributed by atoms with Crippen LogP contribution in [0.1, 0.15) is 6.92 Å². The lowest BCUT2D eigenvalue weighted by atomic mass is 10.1. The Morgan fingerprint density at radius 3 is 2.33 bits per heavy atom. The van der Waals surface area contributed by atoms with Crippen LogP contribution in [-0.2, 0) is 0 Å². The van der Waals surface area contributed by atoms with Gasteiger partial charge in [-0.3, -0.25) is 0 Å². The van der Waals surface area contributed by atoms with E-state index in [1.54, 1.807) is 0 Å². The number of anilines is 2. The van der Waals surface area contributed by atoms with Crippen LogP contribution in [0.15, 0.2) is 24.3 Å². The van der Waals surface area contributed by atoms with Crippen molar-refractivity contribution in [2.45, 2.75) is 6.92 Å².